The minimum Gasteiger partial charge on any atom is -0.494 e. The summed E-state index contributed by atoms with van der Waals surface area (Å²) >= 11 is 3.42. The lowest BCUT2D eigenvalue weighted by Gasteiger charge is -2.37. The molecule has 0 radical (unpaired) electrons. The largest absolute Gasteiger partial charge is 0.494 e. The average Bonchev–Trinajstić information content (AvgIpc) is 3.49. The molecule has 3 aliphatic heterocycles. The van der Waals surface area contributed by atoms with Gasteiger partial charge >= 0.3 is 0 Å². The highest BCUT2D eigenvalue weighted by Crippen LogP contribution is 2.32. The second-order valence-corrected chi connectivity index (χ2v) is 17.0. The summed E-state index contributed by atoms with van der Waals surface area (Å²) in [4.78, 5) is 82.9. The van der Waals surface area contributed by atoms with E-state index in [9.17, 15) is 28.8 Å². The van der Waals surface area contributed by atoms with Crippen molar-refractivity contribution in [3.05, 3.63) is 116 Å². The number of aryl methyl sites for hydroxylation is 2. The molecular weight excluding hydrogens is 844 g/mol. The molecule has 0 bridgehead atoms. The van der Waals surface area contributed by atoms with Crippen molar-refractivity contribution in [2.45, 2.75) is 56.5 Å². The minimum atomic E-state index is -1.01. The highest BCUT2D eigenvalue weighted by atomic mass is 79.9. The molecule has 4 aromatic rings. The standard InChI is InChI=1S/C45H51BrN8O7/c1-50-26-31(23-32(27-50)48-37-25-47-53(4)45(60)40(37)46)29-10-12-30(13-11-29)42(57)52(3)21-6-20-51(2)33-14-8-28(9-15-33)7-5-22-61-34-16-17-35-36(24-34)44(59)54(43(35)58)38-18-19-39(55)49-41(38)56/h8-17,24-25,31-32,38,48H,5-7,18-23,26-27H2,1-4H3,(H,49,55,56). The minimum absolute atomic E-state index is 0.0120. The highest BCUT2D eigenvalue weighted by molar-refractivity contribution is 9.10. The van der Waals surface area contributed by atoms with E-state index >= 15 is 0 Å². The van der Waals surface area contributed by atoms with E-state index in [1.807, 2.05) is 26.2 Å². The van der Waals surface area contributed by atoms with E-state index in [1.54, 1.807) is 36.3 Å². The van der Waals surface area contributed by atoms with Gasteiger partial charge in [-0.15, -0.1) is 0 Å². The van der Waals surface area contributed by atoms with Gasteiger partial charge in [-0.1, -0.05) is 24.3 Å². The Morgan fingerprint density at radius 2 is 1.66 bits per heavy atom. The number of carbonyl (C=O) groups excluding carboxylic acids is 5. The first-order chi connectivity index (χ1) is 29.3. The summed E-state index contributed by atoms with van der Waals surface area (Å²) in [5.41, 5.74) is 4.98. The fourth-order valence-corrected chi connectivity index (χ4v) is 8.79. The molecule has 4 heterocycles. The lowest BCUT2D eigenvalue weighted by atomic mass is 9.87. The summed E-state index contributed by atoms with van der Waals surface area (Å²) in [7, 11) is 7.60. The van der Waals surface area contributed by atoms with Crippen LogP contribution >= 0.6 is 15.9 Å². The number of anilines is 2. The molecular formula is C45H51BrN8O7. The average molecular weight is 896 g/mol. The number of rotatable bonds is 15. The van der Waals surface area contributed by atoms with Gasteiger partial charge in [0, 0.05) is 71.0 Å². The molecule has 2 fully saturated rings. The maximum Gasteiger partial charge on any atom is 0.282 e. The van der Waals surface area contributed by atoms with Gasteiger partial charge in [0.2, 0.25) is 11.8 Å². The normalized spacial score (nSPS) is 19.1. The van der Waals surface area contributed by atoms with E-state index in [-0.39, 0.29) is 47.4 Å². The van der Waals surface area contributed by atoms with Crippen LogP contribution in [-0.2, 0) is 23.1 Å². The van der Waals surface area contributed by atoms with Crippen molar-refractivity contribution in [1.82, 2.24) is 29.8 Å². The molecule has 15 nitrogen and oxygen atoms in total. The van der Waals surface area contributed by atoms with Gasteiger partial charge in [0.25, 0.3) is 23.3 Å². The van der Waals surface area contributed by atoms with Crippen molar-refractivity contribution >= 4 is 56.8 Å². The van der Waals surface area contributed by atoms with Crippen LogP contribution in [0, 0.1) is 0 Å². The molecule has 3 atom stereocenters. The molecule has 320 valence electrons. The molecule has 1 aromatic heterocycles. The SMILES string of the molecule is CN1CC(Nc2cnn(C)c(=O)c2Br)CC(c2ccc(C(=O)N(C)CCCN(C)c3ccc(CCCOc4ccc5c(c4)C(=O)N(C4CCC(=O)NC4=O)C5=O)cc3)cc2)C1. The fraction of sp³-hybridized carbons (Fsp3) is 0.400. The zero-order valence-corrected chi connectivity index (χ0v) is 36.4. The molecule has 2 saturated heterocycles. The van der Waals surface area contributed by atoms with Crippen LogP contribution in [0.4, 0.5) is 11.4 Å². The number of imide groups is 2. The Morgan fingerprint density at radius 3 is 2.39 bits per heavy atom. The molecule has 0 saturated carbocycles. The van der Waals surface area contributed by atoms with Gasteiger partial charge in [-0.05, 0) is 115 Å². The van der Waals surface area contributed by atoms with E-state index in [2.05, 4.69) is 84.9 Å². The quantitative estimate of drug-likeness (QED) is 0.128. The second-order valence-electron chi connectivity index (χ2n) is 16.2. The van der Waals surface area contributed by atoms with E-state index in [1.165, 1.54) is 10.2 Å². The Kier molecular flexibility index (Phi) is 13.3. The molecule has 7 rings (SSSR count). The van der Waals surface area contributed by atoms with E-state index in [0.29, 0.717) is 34.6 Å². The van der Waals surface area contributed by atoms with Gasteiger partial charge < -0.3 is 24.8 Å². The monoisotopic (exact) mass is 894 g/mol. The number of carbonyl (C=O) groups is 5. The predicted octanol–water partition coefficient (Wildman–Crippen LogP) is 4.45. The van der Waals surface area contributed by atoms with Crippen LogP contribution in [0.15, 0.2) is 82.2 Å². The van der Waals surface area contributed by atoms with Crippen LogP contribution < -0.4 is 25.8 Å². The summed E-state index contributed by atoms with van der Waals surface area (Å²) in [5.74, 6) is -1.44. The number of amides is 5. The van der Waals surface area contributed by atoms with E-state index < -0.39 is 29.7 Å². The lowest BCUT2D eigenvalue weighted by Crippen LogP contribution is -2.54. The maximum atomic E-state index is 13.3. The molecule has 2 N–H and O–H groups in total. The summed E-state index contributed by atoms with van der Waals surface area (Å²) in [6.45, 7) is 3.54. The number of aromatic nitrogens is 2. The lowest BCUT2D eigenvalue weighted by molar-refractivity contribution is -0.136. The number of likely N-dealkylation sites (N-methyl/N-ethyl adjacent to an activating group) is 1. The first-order valence-corrected chi connectivity index (χ1v) is 21.4. The molecule has 61 heavy (non-hydrogen) atoms. The Morgan fingerprint density at radius 1 is 0.918 bits per heavy atom. The van der Waals surface area contributed by atoms with Crippen molar-refractivity contribution in [3.63, 3.8) is 0 Å². The van der Waals surface area contributed by atoms with Gasteiger partial charge in [0.05, 0.1) is 29.6 Å². The first kappa shape index (κ1) is 43.2. The summed E-state index contributed by atoms with van der Waals surface area (Å²) in [6.07, 6.45) is 5.05. The van der Waals surface area contributed by atoms with Crippen molar-refractivity contribution in [2.24, 2.45) is 7.05 Å². The smallest absolute Gasteiger partial charge is 0.282 e. The molecule has 0 aliphatic carbocycles. The molecule has 3 aliphatic rings. The van der Waals surface area contributed by atoms with Crippen LogP contribution in [0.5, 0.6) is 5.75 Å². The third-order valence-electron chi connectivity index (χ3n) is 11.7. The Labute approximate surface area is 363 Å². The van der Waals surface area contributed by atoms with Gasteiger partial charge in [0.1, 0.15) is 16.3 Å². The van der Waals surface area contributed by atoms with Crippen LogP contribution in [0.1, 0.15) is 80.2 Å². The molecule has 5 amide bonds. The molecule has 16 heteroatoms. The van der Waals surface area contributed by atoms with Crippen molar-refractivity contribution in [3.8, 4) is 5.75 Å². The number of nitrogens with zero attached hydrogens (tertiary/aromatic N) is 6. The molecule has 0 spiro atoms. The third kappa shape index (κ3) is 9.86. The summed E-state index contributed by atoms with van der Waals surface area (Å²) < 4.78 is 7.70. The molecule has 3 unspecified atom stereocenters. The van der Waals surface area contributed by atoms with Gasteiger partial charge in [-0.2, -0.15) is 5.10 Å². The number of ether oxygens (including phenoxy) is 1. The number of hydrogen-bond acceptors (Lipinski definition) is 11. The van der Waals surface area contributed by atoms with Crippen molar-refractivity contribution in [2.75, 3.05) is 64.1 Å². The third-order valence-corrected chi connectivity index (χ3v) is 12.5. The highest BCUT2D eigenvalue weighted by Gasteiger charge is 2.44. The maximum absolute atomic E-state index is 13.3. The number of hydrogen-bond donors (Lipinski definition) is 2. The second kappa shape index (κ2) is 18.8. The van der Waals surface area contributed by atoms with Crippen molar-refractivity contribution < 1.29 is 28.7 Å². The molecule has 3 aromatic carbocycles. The number of nitrogens with one attached hydrogen (secondary N) is 2. The van der Waals surface area contributed by atoms with E-state index in [0.717, 1.165) is 61.5 Å². The van der Waals surface area contributed by atoms with E-state index in [4.69, 9.17) is 4.74 Å². The Hall–Kier alpha value is -5.87. The number of piperidine rings is 2. The van der Waals surface area contributed by atoms with Crippen LogP contribution in [0.2, 0.25) is 0 Å². The summed E-state index contributed by atoms with van der Waals surface area (Å²) in [5, 5.41) is 9.86. The Bertz CT molecular complexity index is 2370. The van der Waals surface area contributed by atoms with Gasteiger partial charge in [-0.25, -0.2) is 4.68 Å². The van der Waals surface area contributed by atoms with Crippen LogP contribution in [0.3, 0.4) is 0 Å². The number of halogens is 1. The number of likely N-dealkylation sites (tertiary alicyclic amines) is 1. The van der Waals surface area contributed by atoms with Crippen LogP contribution in [-0.4, -0.2) is 120 Å². The Balaban J connectivity index is 0.822. The van der Waals surface area contributed by atoms with Crippen LogP contribution in [0.25, 0.3) is 0 Å². The van der Waals surface area contributed by atoms with Crippen molar-refractivity contribution in [1.29, 1.82) is 0 Å². The number of benzene rings is 3. The topological polar surface area (TPSA) is 166 Å². The predicted molar refractivity (Wildman–Crippen MR) is 234 cm³/mol. The number of fused-ring (bicyclic) bond motifs is 1. The first-order valence-electron chi connectivity index (χ1n) is 20.6. The summed E-state index contributed by atoms with van der Waals surface area (Å²) in [6, 6.07) is 20.2. The van der Waals surface area contributed by atoms with Gasteiger partial charge in [-0.3, -0.25) is 39.0 Å². The zero-order chi connectivity index (χ0) is 43.4. The zero-order valence-electron chi connectivity index (χ0n) is 34.9. The van der Waals surface area contributed by atoms with Gasteiger partial charge in [0.15, 0.2) is 0 Å². The fourth-order valence-electron chi connectivity index (χ4n) is 8.31.